The maximum Gasteiger partial charge on any atom is 0.222 e. The Labute approximate surface area is 107 Å². The van der Waals surface area contributed by atoms with Gasteiger partial charge in [-0.15, -0.1) is 0 Å². The highest BCUT2D eigenvalue weighted by molar-refractivity contribution is 5.47. The summed E-state index contributed by atoms with van der Waals surface area (Å²) in [6, 6.07) is 0. The molecule has 2 heterocycles. The summed E-state index contributed by atoms with van der Waals surface area (Å²) in [5, 5.41) is 0. The molecule has 0 unspecified atom stereocenters. The molecule has 1 aromatic heterocycles. The zero-order valence-corrected chi connectivity index (χ0v) is 10.7. The fourth-order valence-electron chi connectivity index (χ4n) is 2.05. The quantitative estimate of drug-likeness (QED) is 0.606. The first-order chi connectivity index (χ1) is 8.85. The number of nitrogens with one attached hydrogen (secondary N) is 1. The third-order valence-corrected chi connectivity index (χ3v) is 2.99. The Kier molecular flexibility index (Phi) is 4.72. The second-order valence-corrected chi connectivity index (χ2v) is 4.33. The molecule has 1 aliphatic rings. The lowest BCUT2D eigenvalue weighted by Gasteiger charge is -2.24. The van der Waals surface area contributed by atoms with Crippen molar-refractivity contribution in [3.8, 4) is 5.88 Å². The number of hydrogen-bond acceptors (Lipinski definition) is 6. The van der Waals surface area contributed by atoms with Crippen LogP contribution in [0.2, 0.25) is 0 Å². The molecule has 0 aliphatic carbocycles. The Hall–Kier alpha value is -1.40. The van der Waals surface area contributed by atoms with Gasteiger partial charge < -0.3 is 14.9 Å². The highest BCUT2D eigenvalue weighted by Gasteiger charge is 2.19. The van der Waals surface area contributed by atoms with Crippen LogP contribution in [0.5, 0.6) is 5.88 Å². The van der Waals surface area contributed by atoms with Crippen molar-refractivity contribution in [1.29, 1.82) is 0 Å². The van der Waals surface area contributed by atoms with Gasteiger partial charge in [0, 0.05) is 12.8 Å². The van der Waals surface area contributed by atoms with Crippen molar-refractivity contribution in [1.82, 2.24) is 9.97 Å². The summed E-state index contributed by atoms with van der Waals surface area (Å²) in [5.74, 6) is 6.76. The minimum absolute atomic E-state index is 0.176. The monoisotopic (exact) mass is 252 g/mol. The van der Waals surface area contributed by atoms with Gasteiger partial charge in [-0.2, -0.15) is 0 Å². The van der Waals surface area contributed by atoms with E-state index < -0.39 is 0 Å². The fourth-order valence-corrected chi connectivity index (χ4v) is 2.05. The van der Waals surface area contributed by atoms with Gasteiger partial charge in [0.1, 0.15) is 18.2 Å². The lowest BCUT2D eigenvalue weighted by atomic mass is 10.1. The van der Waals surface area contributed by atoms with Gasteiger partial charge in [-0.05, 0) is 6.42 Å². The Morgan fingerprint density at radius 2 is 2.22 bits per heavy atom. The number of nitrogen functional groups attached to an aromatic ring is 1. The van der Waals surface area contributed by atoms with Crippen molar-refractivity contribution in [2.24, 2.45) is 5.84 Å². The first-order valence-electron chi connectivity index (χ1n) is 6.40. The number of hydrogen-bond donors (Lipinski definition) is 2. The topological polar surface area (TPSA) is 82.3 Å². The molecule has 6 heteroatoms. The van der Waals surface area contributed by atoms with Crippen LogP contribution in [0.25, 0.3) is 0 Å². The van der Waals surface area contributed by atoms with E-state index in [0.29, 0.717) is 11.7 Å². The zero-order chi connectivity index (χ0) is 12.8. The number of rotatable bonds is 5. The maximum absolute atomic E-state index is 5.95. The Morgan fingerprint density at radius 3 is 2.89 bits per heavy atom. The van der Waals surface area contributed by atoms with E-state index in [1.807, 2.05) is 0 Å². The summed E-state index contributed by atoms with van der Waals surface area (Å²) in [7, 11) is 0. The molecule has 0 atom stereocenters. The van der Waals surface area contributed by atoms with Gasteiger partial charge in [0.15, 0.2) is 0 Å². The molecular formula is C12H20N4O2. The third-order valence-electron chi connectivity index (χ3n) is 2.99. The summed E-state index contributed by atoms with van der Waals surface area (Å²) in [4.78, 5) is 8.35. The summed E-state index contributed by atoms with van der Waals surface area (Å²) in [6.07, 6.45) is 5.30. The zero-order valence-electron chi connectivity index (χ0n) is 10.7. The fraction of sp³-hybridized carbons (Fsp3) is 0.667. The van der Waals surface area contributed by atoms with Crippen LogP contribution in [0.4, 0.5) is 5.82 Å². The Morgan fingerprint density at radius 1 is 1.44 bits per heavy atom. The molecular weight excluding hydrogens is 232 g/mol. The lowest BCUT2D eigenvalue weighted by molar-refractivity contribution is 0.0233. The van der Waals surface area contributed by atoms with Crippen molar-refractivity contribution < 1.29 is 9.47 Å². The van der Waals surface area contributed by atoms with E-state index in [4.69, 9.17) is 15.3 Å². The minimum atomic E-state index is 0.176. The van der Waals surface area contributed by atoms with Crippen molar-refractivity contribution in [3.63, 3.8) is 0 Å². The highest BCUT2D eigenvalue weighted by Crippen LogP contribution is 2.25. The van der Waals surface area contributed by atoms with Crippen LogP contribution in [0, 0.1) is 0 Å². The number of nitrogens with zero attached hydrogens (tertiary/aromatic N) is 2. The number of aromatic nitrogens is 2. The second-order valence-electron chi connectivity index (χ2n) is 4.33. The highest BCUT2D eigenvalue weighted by atomic mass is 16.5. The van der Waals surface area contributed by atoms with Gasteiger partial charge in [0.05, 0.1) is 18.8 Å². The van der Waals surface area contributed by atoms with Crippen molar-refractivity contribution >= 4 is 5.82 Å². The van der Waals surface area contributed by atoms with Crippen LogP contribution in [-0.4, -0.2) is 29.3 Å². The number of anilines is 1. The van der Waals surface area contributed by atoms with Gasteiger partial charge in [0.25, 0.3) is 0 Å². The van der Waals surface area contributed by atoms with Crippen LogP contribution in [0.1, 0.15) is 31.7 Å². The van der Waals surface area contributed by atoms with Gasteiger partial charge in [0.2, 0.25) is 5.88 Å². The SMILES string of the molecule is CCCc1c(NN)ncnc1OC1CCOCC1. The van der Waals surface area contributed by atoms with Crippen LogP contribution in [0.15, 0.2) is 6.33 Å². The molecule has 3 N–H and O–H groups in total. The van der Waals surface area contributed by atoms with E-state index in [1.165, 1.54) is 6.33 Å². The largest absolute Gasteiger partial charge is 0.474 e. The molecule has 1 fully saturated rings. The van der Waals surface area contributed by atoms with Crippen LogP contribution < -0.4 is 16.0 Å². The van der Waals surface area contributed by atoms with Crippen LogP contribution in [-0.2, 0) is 11.2 Å². The average Bonchev–Trinajstić information content (AvgIpc) is 2.42. The Bertz CT molecular complexity index is 380. The molecule has 1 saturated heterocycles. The number of hydrazine groups is 1. The van der Waals surface area contributed by atoms with E-state index in [0.717, 1.165) is 44.5 Å². The Balaban J connectivity index is 2.14. The standard InChI is InChI=1S/C12H20N4O2/c1-2-3-10-11(16-13)14-8-15-12(10)18-9-4-6-17-7-5-9/h8-9H,2-7,13H2,1H3,(H,14,15,16). The molecule has 0 amide bonds. The molecule has 100 valence electrons. The summed E-state index contributed by atoms with van der Waals surface area (Å²) < 4.78 is 11.3. The summed E-state index contributed by atoms with van der Waals surface area (Å²) in [6.45, 7) is 3.60. The predicted molar refractivity (Wildman–Crippen MR) is 68.3 cm³/mol. The number of ether oxygens (including phenoxy) is 2. The molecule has 0 saturated carbocycles. The van der Waals surface area contributed by atoms with Crippen molar-refractivity contribution in [2.75, 3.05) is 18.6 Å². The average molecular weight is 252 g/mol. The van der Waals surface area contributed by atoms with Gasteiger partial charge >= 0.3 is 0 Å². The molecule has 0 aromatic carbocycles. The lowest BCUT2D eigenvalue weighted by Crippen LogP contribution is -2.27. The van der Waals surface area contributed by atoms with Crippen molar-refractivity contribution in [3.05, 3.63) is 11.9 Å². The van der Waals surface area contributed by atoms with E-state index in [1.54, 1.807) is 0 Å². The summed E-state index contributed by atoms with van der Waals surface area (Å²) >= 11 is 0. The number of nitrogens with two attached hydrogens (primary N) is 1. The molecule has 1 aliphatic heterocycles. The summed E-state index contributed by atoms with van der Waals surface area (Å²) in [5.41, 5.74) is 3.55. The van der Waals surface area contributed by atoms with Crippen LogP contribution in [0.3, 0.4) is 0 Å². The van der Waals surface area contributed by atoms with E-state index in [-0.39, 0.29) is 6.10 Å². The minimum Gasteiger partial charge on any atom is -0.474 e. The second kappa shape index (κ2) is 6.51. The van der Waals surface area contributed by atoms with Gasteiger partial charge in [-0.25, -0.2) is 15.8 Å². The smallest absolute Gasteiger partial charge is 0.222 e. The molecule has 6 nitrogen and oxygen atoms in total. The van der Waals surface area contributed by atoms with Gasteiger partial charge in [-0.1, -0.05) is 13.3 Å². The predicted octanol–water partition coefficient (Wildman–Crippen LogP) is 1.27. The molecule has 1 aromatic rings. The first-order valence-corrected chi connectivity index (χ1v) is 6.40. The van der Waals surface area contributed by atoms with Crippen LogP contribution >= 0.6 is 0 Å². The maximum atomic E-state index is 5.95. The van der Waals surface area contributed by atoms with E-state index in [9.17, 15) is 0 Å². The third kappa shape index (κ3) is 3.08. The van der Waals surface area contributed by atoms with E-state index >= 15 is 0 Å². The van der Waals surface area contributed by atoms with Gasteiger partial charge in [-0.3, -0.25) is 0 Å². The van der Waals surface area contributed by atoms with Crippen molar-refractivity contribution in [2.45, 2.75) is 38.7 Å². The first kappa shape index (κ1) is 13.0. The van der Waals surface area contributed by atoms with E-state index in [2.05, 4.69) is 22.3 Å². The molecule has 0 radical (unpaired) electrons. The molecule has 0 spiro atoms. The molecule has 0 bridgehead atoms. The molecule has 18 heavy (non-hydrogen) atoms. The normalized spacial score (nSPS) is 16.6. The molecule has 2 rings (SSSR count).